The molecule has 5 nitrogen and oxygen atoms in total. The fourth-order valence-electron chi connectivity index (χ4n) is 2.83. The van der Waals surface area contributed by atoms with Crippen LogP contribution >= 0.6 is 0 Å². The van der Waals surface area contributed by atoms with Crippen LogP contribution < -0.4 is 10.2 Å². The molecule has 0 amide bonds. The summed E-state index contributed by atoms with van der Waals surface area (Å²) in [6.07, 6.45) is 8.73. The van der Waals surface area contributed by atoms with Crippen molar-refractivity contribution in [2.24, 2.45) is 0 Å². The van der Waals surface area contributed by atoms with Gasteiger partial charge in [0.15, 0.2) is 0 Å². The van der Waals surface area contributed by atoms with Crippen LogP contribution in [0.1, 0.15) is 56.9 Å². The van der Waals surface area contributed by atoms with Gasteiger partial charge < -0.3 is 14.7 Å². The van der Waals surface area contributed by atoms with Gasteiger partial charge in [-0.15, -0.1) is 0 Å². The quantitative estimate of drug-likeness (QED) is 0.872. The second-order valence-corrected chi connectivity index (χ2v) is 5.34. The first-order valence-electron chi connectivity index (χ1n) is 7.25. The van der Waals surface area contributed by atoms with Crippen LogP contribution in [0.25, 0.3) is 0 Å². The van der Waals surface area contributed by atoms with Gasteiger partial charge in [0.1, 0.15) is 0 Å². The van der Waals surface area contributed by atoms with E-state index < -0.39 is 0 Å². The molecule has 3 heterocycles. The van der Waals surface area contributed by atoms with Crippen molar-refractivity contribution in [1.82, 2.24) is 15.5 Å². The molecule has 1 aromatic heterocycles. The minimum absolute atomic E-state index is 0.263. The van der Waals surface area contributed by atoms with Crippen molar-refractivity contribution in [2.45, 2.75) is 51.0 Å². The normalized spacial score (nSPS) is 26.0. The highest BCUT2D eigenvalue weighted by molar-refractivity contribution is 5.28. The largest absolute Gasteiger partial charge is 0.338 e. The molecule has 1 N–H and O–H groups in total. The third-order valence-electron chi connectivity index (χ3n) is 3.93. The Kier molecular flexibility index (Phi) is 3.78. The molecule has 2 saturated heterocycles. The molecule has 0 bridgehead atoms. The van der Waals surface area contributed by atoms with Gasteiger partial charge in [-0.3, -0.25) is 0 Å². The highest BCUT2D eigenvalue weighted by Gasteiger charge is 2.22. The van der Waals surface area contributed by atoms with Crippen molar-refractivity contribution >= 4 is 5.95 Å². The number of nitrogens with zero attached hydrogens (tertiary/aromatic N) is 3. The first kappa shape index (κ1) is 12.0. The molecule has 1 aromatic rings. The lowest BCUT2D eigenvalue weighted by Gasteiger charge is -2.24. The van der Waals surface area contributed by atoms with Gasteiger partial charge in [-0.25, -0.2) is 0 Å². The summed E-state index contributed by atoms with van der Waals surface area (Å²) in [5.41, 5.74) is 0. The lowest BCUT2D eigenvalue weighted by atomic mass is 10.1. The molecule has 1 unspecified atom stereocenters. The second kappa shape index (κ2) is 5.69. The maximum Gasteiger partial charge on any atom is 0.266 e. The maximum atomic E-state index is 5.45. The number of nitrogens with one attached hydrogen (secondary N) is 1. The van der Waals surface area contributed by atoms with Gasteiger partial charge >= 0.3 is 0 Å². The summed E-state index contributed by atoms with van der Waals surface area (Å²) in [5, 5.41) is 7.64. The van der Waals surface area contributed by atoms with Crippen molar-refractivity contribution in [3.63, 3.8) is 0 Å². The van der Waals surface area contributed by atoms with Gasteiger partial charge in [-0.05, 0) is 43.8 Å². The zero-order valence-electron chi connectivity index (χ0n) is 10.9. The molecule has 0 aromatic carbocycles. The van der Waals surface area contributed by atoms with Gasteiger partial charge in [-0.2, -0.15) is 4.98 Å². The molecule has 2 aliphatic heterocycles. The molecule has 2 aliphatic rings. The molecule has 18 heavy (non-hydrogen) atoms. The fraction of sp³-hybridized carbons (Fsp3) is 0.846. The Bertz CT molecular complexity index is 365. The van der Waals surface area contributed by atoms with E-state index >= 15 is 0 Å². The number of anilines is 1. The summed E-state index contributed by atoms with van der Waals surface area (Å²) >= 11 is 0. The van der Waals surface area contributed by atoms with E-state index in [1.807, 2.05) is 0 Å². The number of piperidine rings is 1. The van der Waals surface area contributed by atoms with Gasteiger partial charge in [0, 0.05) is 13.1 Å². The lowest BCUT2D eigenvalue weighted by Crippen LogP contribution is -2.30. The van der Waals surface area contributed by atoms with E-state index in [0.29, 0.717) is 0 Å². The zero-order chi connectivity index (χ0) is 12.2. The molecule has 2 fully saturated rings. The van der Waals surface area contributed by atoms with E-state index in [-0.39, 0.29) is 6.04 Å². The number of aromatic nitrogens is 2. The standard InChI is InChI=1S/C13H22N4O/c1-3-7-11(14-8-4-1)12-15-13(16-18-12)17-9-5-2-6-10-17/h11,14H,1-10H2. The minimum Gasteiger partial charge on any atom is -0.338 e. The maximum absolute atomic E-state index is 5.45. The van der Waals surface area contributed by atoms with E-state index in [1.54, 1.807) is 0 Å². The number of rotatable bonds is 2. The van der Waals surface area contributed by atoms with E-state index in [1.165, 1.54) is 38.5 Å². The van der Waals surface area contributed by atoms with Crippen LogP contribution in [0.2, 0.25) is 0 Å². The van der Waals surface area contributed by atoms with Gasteiger partial charge in [-0.1, -0.05) is 12.8 Å². The minimum atomic E-state index is 0.263. The zero-order valence-corrected chi connectivity index (χ0v) is 10.9. The van der Waals surface area contributed by atoms with Crippen LogP contribution in [-0.2, 0) is 0 Å². The Labute approximate surface area is 108 Å². The lowest BCUT2D eigenvalue weighted by molar-refractivity contribution is 0.326. The third-order valence-corrected chi connectivity index (χ3v) is 3.93. The van der Waals surface area contributed by atoms with E-state index in [4.69, 9.17) is 4.52 Å². The first-order chi connectivity index (χ1) is 8.93. The van der Waals surface area contributed by atoms with Crippen LogP contribution in [0.5, 0.6) is 0 Å². The third kappa shape index (κ3) is 2.66. The van der Waals surface area contributed by atoms with E-state index in [0.717, 1.165) is 37.9 Å². The summed E-state index contributed by atoms with van der Waals surface area (Å²) < 4.78 is 5.45. The Morgan fingerprint density at radius 3 is 2.78 bits per heavy atom. The summed E-state index contributed by atoms with van der Waals surface area (Å²) in [6, 6.07) is 0.263. The molecule has 0 spiro atoms. The summed E-state index contributed by atoms with van der Waals surface area (Å²) in [5.74, 6) is 1.56. The molecule has 5 heteroatoms. The average molecular weight is 250 g/mol. The average Bonchev–Trinajstić information content (AvgIpc) is 2.76. The van der Waals surface area contributed by atoms with Crippen LogP contribution in [-0.4, -0.2) is 29.8 Å². The van der Waals surface area contributed by atoms with Crippen LogP contribution in [0.15, 0.2) is 4.52 Å². The molecule has 0 saturated carbocycles. The molecule has 1 atom stereocenters. The van der Waals surface area contributed by atoms with Crippen molar-refractivity contribution in [2.75, 3.05) is 24.5 Å². The van der Waals surface area contributed by atoms with Crippen molar-refractivity contribution in [3.05, 3.63) is 5.89 Å². The van der Waals surface area contributed by atoms with Gasteiger partial charge in [0.25, 0.3) is 5.95 Å². The Balaban J connectivity index is 1.67. The Hall–Kier alpha value is -1.10. The number of hydrogen-bond acceptors (Lipinski definition) is 5. The van der Waals surface area contributed by atoms with Crippen molar-refractivity contribution < 1.29 is 4.52 Å². The van der Waals surface area contributed by atoms with Crippen molar-refractivity contribution in [1.29, 1.82) is 0 Å². The van der Waals surface area contributed by atoms with Gasteiger partial charge in [0.2, 0.25) is 5.89 Å². The predicted octanol–water partition coefficient (Wildman–Crippen LogP) is 2.26. The highest BCUT2D eigenvalue weighted by Crippen LogP contribution is 2.24. The first-order valence-corrected chi connectivity index (χ1v) is 7.25. The van der Waals surface area contributed by atoms with E-state index in [9.17, 15) is 0 Å². The predicted molar refractivity (Wildman–Crippen MR) is 69.6 cm³/mol. The molecule has 0 aliphatic carbocycles. The summed E-state index contributed by atoms with van der Waals surface area (Å²) in [4.78, 5) is 6.83. The second-order valence-electron chi connectivity index (χ2n) is 5.34. The van der Waals surface area contributed by atoms with Crippen LogP contribution in [0, 0.1) is 0 Å². The Morgan fingerprint density at radius 1 is 1.06 bits per heavy atom. The smallest absolute Gasteiger partial charge is 0.266 e. The van der Waals surface area contributed by atoms with Gasteiger partial charge in [0.05, 0.1) is 6.04 Å². The molecule has 3 rings (SSSR count). The SMILES string of the molecule is C1CCNC(c2nc(N3CCCCC3)no2)CC1. The topological polar surface area (TPSA) is 54.2 Å². The molecule has 100 valence electrons. The summed E-state index contributed by atoms with van der Waals surface area (Å²) in [7, 11) is 0. The highest BCUT2D eigenvalue weighted by atomic mass is 16.5. The molecular formula is C13H22N4O. The van der Waals surface area contributed by atoms with E-state index in [2.05, 4.69) is 20.4 Å². The Morgan fingerprint density at radius 2 is 1.89 bits per heavy atom. The van der Waals surface area contributed by atoms with Crippen molar-refractivity contribution in [3.8, 4) is 0 Å². The monoisotopic (exact) mass is 250 g/mol. The van der Waals surface area contributed by atoms with Crippen LogP contribution in [0.4, 0.5) is 5.95 Å². The fourth-order valence-corrected chi connectivity index (χ4v) is 2.83. The summed E-state index contributed by atoms with van der Waals surface area (Å²) in [6.45, 7) is 3.19. The van der Waals surface area contributed by atoms with Crippen LogP contribution in [0.3, 0.4) is 0 Å². The molecule has 0 radical (unpaired) electrons. The number of hydrogen-bond donors (Lipinski definition) is 1. The molecular weight excluding hydrogens is 228 g/mol.